The summed E-state index contributed by atoms with van der Waals surface area (Å²) < 4.78 is 15.9. The number of methoxy groups -OCH3 is 2. The minimum atomic E-state index is -0.301. The number of unbranched alkanes of at least 4 members (excludes halogenated alkanes) is 1. The highest BCUT2D eigenvalue weighted by Gasteiger charge is 2.07. The quantitative estimate of drug-likeness (QED) is 0.526. The Morgan fingerprint density at radius 1 is 1.06 bits per heavy atom. The van der Waals surface area contributed by atoms with E-state index in [-0.39, 0.29) is 6.29 Å². The molecule has 0 bridgehead atoms. The molecule has 1 aromatic rings. The molecule has 0 radical (unpaired) electrons. The summed E-state index contributed by atoms with van der Waals surface area (Å²) in [5.41, 5.74) is 0.993. The molecule has 0 unspecified atom stereocenters. The third kappa shape index (κ3) is 3.83. The van der Waals surface area contributed by atoms with E-state index >= 15 is 0 Å². The van der Waals surface area contributed by atoms with Crippen molar-refractivity contribution in [1.82, 2.24) is 0 Å². The summed E-state index contributed by atoms with van der Waals surface area (Å²) in [6.07, 6.45) is 1.93. The molecule has 0 aliphatic carbocycles. The average Bonchev–Trinajstić information content (AvgIpc) is 2.33. The van der Waals surface area contributed by atoms with Gasteiger partial charge in [-0.05, 0) is 18.6 Å². The summed E-state index contributed by atoms with van der Waals surface area (Å²) in [6, 6.07) is 7.80. The molecule has 90 valence electrons. The van der Waals surface area contributed by atoms with Crippen molar-refractivity contribution in [3.63, 3.8) is 0 Å². The molecule has 0 atom stereocenters. The van der Waals surface area contributed by atoms with Crippen LogP contribution in [-0.4, -0.2) is 20.8 Å². The molecule has 16 heavy (non-hydrogen) atoms. The third-order valence-electron chi connectivity index (χ3n) is 2.35. The normalized spacial score (nSPS) is 10.8. The first-order valence-corrected chi connectivity index (χ1v) is 5.60. The van der Waals surface area contributed by atoms with Gasteiger partial charge in [0.1, 0.15) is 5.75 Å². The minimum absolute atomic E-state index is 0.301. The van der Waals surface area contributed by atoms with Crippen LogP contribution < -0.4 is 4.74 Å². The summed E-state index contributed by atoms with van der Waals surface area (Å²) in [6.45, 7) is 2.92. The van der Waals surface area contributed by atoms with Crippen molar-refractivity contribution in [2.45, 2.75) is 26.1 Å². The zero-order chi connectivity index (χ0) is 11.8. The van der Waals surface area contributed by atoms with Crippen LogP contribution in [0.25, 0.3) is 0 Å². The topological polar surface area (TPSA) is 27.7 Å². The van der Waals surface area contributed by atoms with E-state index in [1.165, 1.54) is 0 Å². The molecule has 3 nitrogen and oxygen atoms in total. The lowest BCUT2D eigenvalue weighted by atomic mass is 10.2. The Morgan fingerprint density at radius 2 is 1.69 bits per heavy atom. The fourth-order valence-electron chi connectivity index (χ4n) is 1.42. The van der Waals surface area contributed by atoms with Crippen LogP contribution in [0.5, 0.6) is 5.75 Å². The van der Waals surface area contributed by atoms with Crippen LogP contribution in [-0.2, 0) is 9.47 Å². The molecule has 0 fully saturated rings. The summed E-state index contributed by atoms with van der Waals surface area (Å²) in [5.74, 6) is 0.892. The highest BCUT2D eigenvalue weighted by molar-refractivity contribution is 5.27. The van der Waals surface area contributed by atoms with Gasteiger partial charge in [0.2, 0.25) is 0 Å². The molecule has 0 amide bonds. The minimum Gasteiger partial charge on any atom is -0.494 e. The summed E-state index contributed by atoms with van der Waals surface area (Å²) in [5, 5.41) is 0. The van der Waals surface area contributed by atoms with Gasteiger partial charge < -0.3 is 14.2 Å². The number of hydrogen-bond acceptors (Lipinski definition) is 3. The second kappa shape index (κ2) is 7.25. The molecule has 0 aliphatic rings. The lowest BCUT2D eigenvalue weighted by Gasteiger charge is -2.14. The van der Waals surface area contributed by atoms with Crippen LogP contribution in [0.1, 0.15) is 31.6 Å². The largest absolute Gasteiger partial charge is 0.494 e. The number of benzene rings is 1. The van der Waals surface area contributed by atoms with E-state index < -0.39 is 0 Å². The zero-order valence-electron chi connectivity index (χ0n) is 10.2. The standard InChI is InChI=1S/C13H20O3/c1-4-5-10-16-12-8-6-11(7-9-12)13(14-2)15-3/h6-9,13H,4-5,10H2,1-3H3. The van der Waals surface area contributed by atoms with E-state index in [0.29, 0.717) is 0 Å². The number of ether oxygens (including phenoxy) is 3. The summed E-state index contributed by atoms with van der Waals surface area (Å²) >= 11 is 0. The van der Waals surface area contributed by atoms with E-state index in [1.54, 1.807) is 14.2 Å². The Hall–Kier alpha value is -1.06. The van der Waals surface area contributed by atoms with Crippen LogP contribution in [0.3, 0.4) is 0 Å². The van der Waals surface area contributed by atoms with E-state index in [1.807, 2.05) is 24.3 Å². The maximum Gasteiger partial charge on any atom is 0.183 e. The first kappa shape index (κ1) is 13.0. The second-order valence-corrected chi connectivity index (χ2v) is 3.57. The van der Waals surface area contributed by atoms with Crippen molar-refractivity contribution in [3.8, 4) is 5.75 Å². The van der Waals surface area contributed by atoms with E-state index in [0.717, 1.165) is 30.8 Å². The van der Waals surface area contributed by atoms with Crippen LogP contribution >= 0.6 is 0 Å². The van der Waals surface area contributed by atoms with Crippen molar-refractivity contribution in [2.75, 3.05) is 20.8 Å². The highest BCUT2D eigenvalue weighted by Crippen LogP contribution is 2.20. The lowest BCUT2D eigenvalue weighted by molar-refractivity contribution is -0.106. The molecule has 0 aromatic heterocycles. The SMILES string of the molecule is CCCCOc1ccc(C(OC)OC)cc1. The zero-order valence-corrected chi connectivity index (χ0v) is 10.2. The van der Waals surface area contributed by atoms with Crippen LogP contribution in [0.15, 0.2) is 24.3 Å². The van der Waals surface area contributed by atoms with Crippen LogP contribution in [0, 0.1) is 0 Å². The molecule has 0 N–H and O–H groups in total. The molecule has 1 aromatic carbocycles. The van der Waals surface area contributed by atoms with E-state index in [9.17, 15) is 0 Å². The molecule has 3 heteroatoms. The molecule has 0 aliphatic heterocycles. The van der Waals surface area contributed by atoms with Gasteiger partial charge in [0.05, 0.1) is 6.61 Å². The summed E-state index contributed by atoms with van der Waals surface area (Å²) in [7, 11) is 3.25. The molecule has 0 heterocycles. The van der Waals surface area contributed by atoms with Gasteiger partial charge in [-0.15, -0.1) is 0 Å². The molecule has 0 spiro atoms. The van der Waals surface area contributed by atoms with Crippen molar-refractivity contribution in [3.05, 3.63) is 29.8 Å². The first-order valence-electron chi connectivity index (χ1n) is 5.60. The van der Waals surface area contributed by atoms with Gasteiger partial charge in [0.15, 0.2) is 6.29 Å². The number of hydrogen-bond donors (Lipinski definition) is 0. The third-order valence-corrected chi connectivity index (χ3v) is 2.35. The van der Waals surface area contributed by atoms with Gasteiger partial charge >= 0.3 is 0 Å². The van der Waals surface area contributed by atoms with Gasteiger partial charge in [0.25, 0.3) is 0 Å². The Morgan fingerprint density at radius 3 is 2.19 bits per heavy atom. The maximum atomic E-state index is 5.57. The van der Waals surface area contributed by atoms with Crippen molar-refractivity contribution < 1.29 is 14.2 Å². The molecule has 0 saturated carbocycles. The van der Waals surface area contributed by atoms with Gasteiger partial charge in [-0.3, -0.25) is 0 Å². The fourth-order valence-corrected chi connectivity index (χ4v) is 1.42. The van der Waals surface area contributed by atoms with Gasteiger partial charge in [-0.25, -0.2) is 0 Å². The Labute approximate surface area is 97.3 Å². The van der Waals surface area contributed by atoms with E-state index in [2.05, 4.69) is 6.92 Å². The Balaban J connectivity index is 2.53. The molecular weight excluding hydrogens is 204 g/mol. The molecule has 1 rings (SSSR count). The molecule has 0 saturated heterocycles. The maximum absolute atomic E-state index is 5.57. The van der Waals surface area contributed by atoms with Crippen LogP contribution in [0.2, 0.25) is 0 Å². The predicted molar refractivity (Wildman–Crippen MR) is 63.6 cm³/mol. The van der Waals surface area contributed by atoms with Gasteiger partial charge in [-0.2, -0.15) is 0 Å². The average molecular weight is 224 g/mol. The number of rotatable bonds is 7. The van der Waals surface area contributed by atoms with Crippen molar-refractivity contribution >= 4 is 0 Å². The van der Waals surface area contributed by atoms with Crippen molar-refractivity contribution in [2.24, 2.45) is 0 Å². The second-order valence-electron chi connectivity index (χ2n) is 3.57. The fraction of sp³-hybridized carbons (Fsp3) is 0.538. The van der Waals surface area contributed by atoms with E-state index in [4.69, 9.17) is 14.2 Å². The molecular formula is C13H20O3. The summed E-state index contributed by atoms with van der Waals surface area (Å²) in [4.78, 5) is 0. The predicted octanol–water partition coefficient (Wildman–Crippen LogP) is 3.16. The Bertz CT molecular complexity index is 278. The van der Waals surface area contributed by atoms with Crippen LogP contribution in [0.4, 0.5) is 0 Å². The monoisotopic (exact) mass is 224 g/mol. The highest BCUT2D eigenvalue weighted by atomic mass is 16.7. The first-order chi connectivity index (χ1) is 7.81. The smallest absolute Gasteiger partial charge is 0.183 e. The Kier molecular flexibility index (Phi) is 5.90. The lowest BCUT2D eigenvalue weighted by Crippen LogP contribution is -2.03. The van der Waals surface area contributed by atoms with Crippen molar-refractivity contribution in [1.29, 1.82) is 0 Å². The van der Waals surface area contributed by atoms with Gasteiger partial charge in [0, 0.05) is 19.8 Å². The van der Waals surface area contributed by atoms with Gasteiger partial charge in [-0.1, -0.05) is 25.5 Å².